The second-order valence-corrected chi connectivity index (χ2v) is 5.23. The van der Waals surface area contributed by atoms with Crippen LogP contribution in [0.4, 0.5) is 0 Å². The lowest BCUT2D eigenvalue weighted by molar-refractivity contribution is -0.120. The number of rotatable bonds is 5. The van der Waals surface area contributed by atoms with Crippen LogP contribution in [-0.2, 0) is 4.79 Å². The number of hydrogen-bond acceptors (Lipinski definition) is 2. The molecule has 0 saturated heterocycles. The van der Waals surface area contributed by atoms with Gasteiger partial charge in [-0.05, 0) is 55.9 Å². The van der Waals surface area contributed by atoms with Crippen molar-refractivity contribution in [3.8, 4) is 0 Å². The summed E-state index contributed by atoms with van der Waals surface area (Å²) >= 11 is 0. The van der Waals surface area contributed by atoms with Crippen LogP contribution in [0.15, 0.2) is 18.2 Å². The van der Waals surface area contributed by atoms with Crippen LogP contribution in [0.25, 0.3) is 0 Å². The van der Waals surface area contributed by atoms with Crippen LogP contribution in [0.5, 0.6) is 0 Å². The lowest BCUT2D eigenvalue weighted by atomic mass is 10.1. The average molecular weight is 260 g/mol. The summed E-state index contributed by atoms with van der Waals surface area (Å²) < 4.78 is 0. The lowest BCUT2D eigenvalue weighted by Gasteiger charge is -2.07. The molecule has 2 amide bonds. The van der Waals surface area contributed by atoms with Gasteiger partial charge in [-0.15, -0.1) is 0 Å². The molecule has 0 bridgehead atoms. The van der Waals surface area contributed by atoms with Crippen molar-refractivity contribution in [1.82, 2.24) is 10.6 Å². The van der Waals surface area contributed by atoms with Crippen molar-refractivity contribution in [3.63, 3.8) is 0 Å². The SMILES string of the molecule is Cc1ccc(C(=O)NCC(=O)NCC2CC2)cc1C. The molecule has 0 aliphatic heterocycles. The molecule has 0 aromatic heterocycles. The minimum absolute atomic E-state index is 0.0402. The van der Waals surface area contributed by atoms with Crippen LogP contribution in [-0.4, -0.2) is 24.9 Å². The van der Waals surface area contributed by atoms with E-state index in [1.807, 2.05) is 26.0 Å². The Hall–Kier alpha value is -1.84. The van der Waals surface area contributed by atoms with Crippen molar-refractivity contribution < 1.29 is 9.59 Å². The van der Waals surface area contributed by atoms with Crippen molar-refractivity contribution in [2.24, 2.45) is 5.92 Å². The van der Waals surface area contributed by atoms with E-state index in [1.54, 1.807) is 6.07 Å². The molecule has 4 nitrogen and oxygen atoms in total. The van der Waals surface area contributed by atoms with E-state index in [2.05, 4.69) is 10.6 Å². The van der Waals surface area contributed by atoms with Crippen LogP contribution in [0.3, 0.4) is 0 Å². The molecule has 102 valence electrons. The quantitative estimate of drug-likeness (QED) is 0.844. The Morgan fingerprint density at radius 1 is 1.16 bits per heavy atom. The summed E-state index contributed by atoms with van der Waals surface area (Å²) in [5.41, 5.74) is 2.82. The van der Waals surface area contributed by atoms with Crippen molar-refractivity contribution in [2.45, 2.75) is 26.7 Å². The predicted octanol–water partition coefficient (Wildman–Crippen LogP) is 1.56. The fourth-order valence-corrected chi connectivity index (χ4v) is 1.79. The van der Waals surface area contributed by atoms with Gasteiger partial charge in [0.25, 0.3) is 5.91 Å². The van der Waals surface area contributed by atoms with Crippen molar-refractivity contribution >= 4 is 11.8 Å². The minimum Gasteiger partial charge on any atom is -0.354 e. The lowest BCUT2D eigenvalue weighted by Crippen LogP contribution is -2.37. The first-order valence-corrected chi connectivity index (χ1v) is 6.68. The Morgan fingerprint density at radius 2 is 1.89 bits per heavy atom. The van der Waals surface area contributed by atoms with Gasteiger partial charge in [0.05, 0.1) is 6.54 Å². The molecule has 1 aliphatic rings. The number of benzene rings is 1. The van der Waals surface area contributed by atoms with Crippen LogP contribution >= 0.6 is 0 Å². The summed E-state index contributed by atoms with van der Waals surface area (Å²) in [6.07, 6.45) is 2.41. The molecule has 1 fully saturated rings. The second-order valence-electron chi connectivity index (χ2n) is 5.23. The zero-order valence-corrected chi connectivity index (χ0v) is 11.5. The van der Waals surface area contributed by atoms with E-state index in [0.717, 1.165) is 17.7 Å². The van der Waals surface area contributed by atoms with E-state index < -0.39 is 0 Å². The number of amides is 2. The van der Waals surface area contributed by atoms with Gasteiger partial charge in [-0.25, -0.2) is 0 Å². The molecule has 0 atom stereocenters. The summed E-state index contributed by atoms with van der Waals surface area (Å²) in [5.74, 6) is 0.327. The fourth-order valence-electron chi connectivity index (χ4n) is 1.79. The summed E-state index contributed by atoms with van der Waals surface area (Å²) in [4.78, 5) is 23.4. The van der Waals surface area contributed by atoms with Gasteiger partial charge in [0.15, 0.2) is 0 Å². The van der Waals surface area contributed by atoms with E-state index in [1.165, 1.54) is 12.8 Å². The number of aryl methyl sites for hydroxylation is 2. The maximum Gasteiger partial charge on any atom is 0.251 e. The molecular weight excluding hydrogens is 240 g/mol. The highest BCUT2D eigenvalue weighted by atomic mass is 16.2. The minimum atomic E-state index is -0.204. The molecule has 1 aromatic rings. The molecule has 0 spiro atoms. The molecule has 19 heavy (non-hydrogen) atoms. The average Bonchev–Trinajstić information content (AvgIpc) is 3.20. The van der Waals surface area contributed by atoms with Crippen molar-refractivity contribution in [1.29, 1.82) is 0 Å². The summed E-state index contributed by atoms with van der Waals surface area (Å²) in [6.45, 7) is 4.74. The molecule has 1 saturated carbocycles. The Balaban J connectivity index is 1.79. The molecule has 2 rings (SSSR count). The monoisotopic (exact) mass is 260 g/mol. The number of hydrogen-bond donors (Lipinski definition) is 2. The number of nitrogens with one attached hydrogen (secondary N) is 2. The summed E-state index contributed by atoms with van der Waals surface area (Å²) in [5, 5.41) is 5.46. The van der Waals surface area contributed by atoms with E-state index in [-0.39, 0.29) is 18.4 Å². The first-order chi connectivity index (χ1) is 9.06. The third-order valence-corrected chi connectivity index (χ3v) is 3.46. The molecule has 4 heteroatoms. The second kappa shape index (κ2) is 5.87. The number of carbonyl (C=O) groups is 2. The topological polar surface area (TPSA) is 58.2 Å². The van der Waals surface area contributed by atoms with E-state index in [9.17, 15) is 9.59 Å². The molecule has 1 aromatic carbocycles. The van der Waals surface area contributed by atoms with Crippen molar-refractivity contribution in [3.05, 3.63) is 34.9 Å². The molecule has 0 heterocycles. The Morgan fingerprint density at radius 3 is 2.53 bits per heavy atom. The Labute approximate surface area is 113 Å². The van der Waals surface area contributed by atoms with E-state index in [4.69, 9.17) is 0 Å². The molecule has 2 N–H and O–H groups in total. The van der Waals surface area contributed by atoms with Gasteiger partial charge < -0.3 is 10.6 Å². The highest BCUT2D eigenvalue weighted by molar-refractivity contribution is 5.96. The Kier molecular flexibility index (Phi) is 4.20. The van der Waals surface area contributed by atoms with Crippen LogP contribution < -0.4 is 10.6 Å². The van der Waals surface area contributed by atoms with E-state index >= 15 is 0 Å². The smallest absolute Gasteiger partial charge is 0.251 e. The highest BCUT2D eigenvalue weighted by Crippen LogP contribution is 2.27. The van der Waals surface area contributed by atoms with Gasteiger partial charge in [-0.2, -0.15) is 0 Å². The zero-order chi connectivity index (χ0) is 13.8. The van der Waals surface area contributed by atoms with Gasteiger partial charge in [0.2, 0.25) is 5.91 Å². The van der Waals surface area contributed by atoms with Gasteiger partial charge >= 0.3 is 0 Å². The molecular formula is C15H20N2O2. The van der Waals surface area contributed by atoms with Crippen LogP contribution in [0, 0.1) is 19.8 Å². The van der Waals surface area contributed by atoms with Gasteiger partial charge in [0.1, 0.15) is 0 Å². The fraction of sp³-hybridized carbons (Fsp3) is 0.467. The first-order valence-electron chi connectivity index (χ1n) is 6.68. The van der Waals surface area contributed by atoms with Crippen LogP contribution in [0.2, 0.25) is 0 Å². The summed E-state index contributed by atoms with van der Waals surface area (Å²) in [6, 6.07) is 5.53. The maximum atomic E-state index is 11.9. The third kappa shape index (κ3) is 4.09. The molecule has 1 aliphatic carbocycles. The van der Waals surface area contributed by atoms with Crippen molar-refractivity contribution in [2.75, 3.05) is 13.1 Å². The zero-order valence-electron chi connectivity index (χ0n) is 11.5. The standard InChI is InChI=1S/C15H20N2O2/c1-10-3-6-13(7-11(10)2)15(19)17-9-14(18)16-8-12-4-5-12/h3,6-7,12H,4-5,8-9H2,1-2H3,(H,16,18)(H,17,19). The largest absolute Gasteiger partial charge is 0.354 e. The molecule has 0 radical (unpaired) electrons. The van der Waals surface area contributed by atoms with E-state index in [0.29, 0.717) is 11.5 Å². The third-order valence-electron chi connectivity index (χ3n) is 3.46. The maximum absolute atomic E-state index is 11.9. The van der Waals surface area contributed by atoms with Gasteiger partial charge in [-0.3, -0.25) is 9.59 Å². The predicted molar refractivity (Wildman–Crippen MR) is 74.0 cm³/mol. The van der Waals surface area contributed by atoms with Gasteiger partial charge in [0, 0.05) is 12.1 Å². The summed E-state index contributed by atoms with van der Waals surface area (Å²) in [7, 11) is 0. The first kappa shape index (κ1) is 13.6. The Bertz CT molecular complexity index is 493. The number of carbonyl (C=O) groups excluding carboxylic acids is 2. The molecule has 0 unspecified atom stereocenters. The normalized spacial score (nSPS) is 14.0. The van der Waals surface area contributed by atoms with Crippen LogP contribution in [0.1, 0.15) is 34.3 Å². The highest BCUT2D eigenvalue weighted by Gasteiger charge is 2.21. The van der Waals surface area contributed by atoms with Gasteiger partial charge in [-0.1, -0.05) is 6.07 Å².